The van der Waals surface area contributed by atoms with Gasteiger partial charge >= 0.3 is 0 Å². The van der Waals surface area contributed by atoms with Crippen LogP contribution in [0.1, 0.15) is 39.8 Å². The van der Waals surface area contributed by atoms with Gasteiger partial charge in [-0.1, -0.05) is 19.1 Å². The van der Waals surface area contributed by atoms with Crippen molar-refractivity contribution >= 4 is 22.7 Å². The van der Waals surface area contributed by atoms with E-state index in [0.717, 1.165) is 12.0 Å². The van der Waals surface area contributed by atoms with Gasteiger partial charge < -0.3 is 10.3 Å². The lowest BCUT2D eigenvalue weighted by Gasteiger charge is -2.07. The molecule has 0 fully saturated rings. The Balaban J connectivity index is 1.57. The monoisotopic (exact) mass is 368 g/mol. The van der Waals surface area contributed by atoms with E-state index in [1.165, 1.54) is 12.1 Å². The second kappa shape index (κ2) is 8.46. The number of halogens is 1. The van der Waals surface area contributed by atoms with Crippen molar-refractivity contribution in [3.63, 3.8) is 0 Å². The van der Waals surface area contributed by atoms with Gasteiger partial charge in [0.2, 0.25) is 0 Å². The molecule has 3 rings (SSSR count). The molecule has 0 bridgehead atoms. The van der Waals surface area contributed by atoms with Crippen molar-refractivity contribution in [1.82, 2.24) is 21.2 Å². The Bertz CT molecular complexity index is 950. The fourth-order valence-corrected chi connectivity index (χ4v) is 2.62. The van der Waals surface area contributed by atoms with E-state index in [1.54, 1.807) is 36.4 Å². The highest BCUT2D eigenvalue weighted by Crippen LogP contribution is 2.16. The van der Waals surface area contributed by atoms with Crippen molar-refractivity contribution in [3.05, 3.63) is 71.2 Å². The Kier molecular flexibility index (Phi) is 5.83. The summed E-state index contributed by atoms with van der Waals surface area (Å²) in [5.41, 5.74) is 7.92. The number of hydrazine groups is 1. The molecule has 0 atom stereocenters. The Morgan fingerprint density at radius 2 is 1.81 bits per heavy atom. The van der Waals surface area contributed by atoms with E-state index < -0.39 is 0 Å². The van der Waals surface area contributed by atoms with E-state index in [2.05, 4.69) is 21.2 Å². The van der Waals surface area contributed by atoms with Crippen LogP contribution in [0.4, 0.5) is 4.39 Å². The summed E-state index contributed by atoms with van der Waals surface area (Å²) in [6.45, 7) is 3.03. The molecule has 0 aliphatic carbocycles. The van der Waals surface area contributed by atoms with Crippen LogP contribution in [0.15, 0.2) is 48.5 Å². The third-order valence-electron chi connectivity index (χ3n) is 4.07. The molecular formula is C20H21FN4O2. The van der Waals surface area contributed by atoms with Gasteiger partial charge in [-0.15, -0.1) is 0 Å². The van der Waals surface area contributed by atoms with Gasteiger partial charge in [0.1, 0.15) is 11.5 Å². The van der Waals surface area contributed by atoms with Gasteiger partial charge in [0.05, 0.1) is 0 Å². The number of hydrogen-bond donors (Lipinski definition) is 4. The second-order valence-corrected chi connectivity index (χ2v) is 6.18. The zero-order valence-corrected chi connectivity index (χ0v) is 14.9. The molecule has 2 amide bonds. The third kappa shape index (κ3) is 4.71. The molecule has 1 heterocycles. The van der Waals surface area contributed by atoms with Crippen molar-refractivity contribution in [1.29, 1.82) is 0 Å². The van der Waals surface area contributed by atoms with E-state index in [1.807, 2.05) is 6.92 Å². The minimum absolute atomic E-state index is 0.204. The maximum Gasteiger partial charge on any atom is 0.267 e. The maximum atomic E-state index is 13.2. The average Bonchev–Trinajstić information content (AvgIpc) is 3.10. The van der Waals surface area contributed by atoms with Gasteiger partial charge in [-0.3, -0.25) is 15.0 Å². The second-order valence-electron chi connectivity index (χ2n) is 6.18. The van der Waals surface area contributed by atoms with Crippen LogP contribution in [0.5, 0.6) is 0 Å². The van der Waals surface area contributed by atoms with Gasteiger partial charge in [-0.25, -0.2) is 9.82 Å². The van der Waals surface area contributed by atoms with Crippen LogP contribution < -0.4 is 16.2 Å². The molecule has 0 radical (unpaired) electrons. The molecule has 4 N–H and O–H groups in total. The minimum Gasteiger partial charge on any atom is -0.351 e. The number of nitrogens with one attached hydrogen (secondary N) is 4. The smallest absolute Gasteiger partial charge is 0.267 e. The van der Waals surface area contributed by atoms with Crippen LogP contribution in [0.2, 0.25) is 0 Å². The number of fused-ring (bicyclic) bond motifs is 1. The fraction of sp³-hybridized carbons (Fsp3) is 0.200. The zero-order chi connectivity index (χ0) is 19.2. The Morgan fingerprint density at radius 3 is 2.56 bits per heavy atom. The molecule has 0 aliphatic heterocycles. The first-order valence-electron chi connectivity index (χ1n) is 8.75. The molecule has 140 valence electrons. The zero-order valence-electron chi connectivity index (χ0n) is 14.9. The summed E-state index contributed by atoms with van der Waals surface area (Å²) in [5, 5.41) is 3.45. The van der Waals surface area contributed by atoms with Gasteiger partial charge in [0.25, 0.3) is 11.8 Å². The van der Waals surface area contributed by atoms with Crippen molar-refractivity contribution in [2.45, 2.75) is 19.9 Å². The van der Waals surface area contributed by atoms with Crippen LogP contribution in [0, 0.1) is 5.82 Å². The average molecular weight is 368 g/mol. The van der Waals surface area contributed by atoms with Gasteiger partial charge in [0.15, 0.2) is 0 Å². The highest BCUT2D eigenvalue weighted by atomic mass is 19.1. The molecule has 6 nitrogen and oxygen atoms in total. The van der Waals surface area contributed by atoms with Crippen LogP contribution in [-0.4, -0.2) is 23.3 Å². The van der Waals surface area contributed by atoms with Gasteiger partial charge in [0, 0.05) is 29.6 Å². The summed E-state index contributed by atoms with van der Waals surface area (Å²) in [5.74, 6) is -0.830. The molecule has 0 saturated heterocycles. The van der Waals surface area contributed by atoms with Crippen LogP contribution >= 0.6 is 0 Å². The predicted molar refractivity (Wildman–Crippen MR) is 102 cm³/mol. The number of carbonyl (C=O) groups excluding carboxylic acids is 2. The highest BCUT2D eigenvalue weighted by Gasteiger charge is 2.10. The lowest BCUT2D eigenvalue weighted by atomic mass is 10.1. The first-order chi connectivity index (χ1) is 13.1. The Labute approximate surface area is 156 Å². The van der Waals surface area contributed by atoms with Gasteiger partial charge in [-0.05, 0) is 48.4 Å². The highest BCUT2D eigenvalue weighted by molar-refractivity contribution is 5.98. The molecule has 1 aromatic heterocycles. The summed E-state index contributed by atoms with van der Waals surface area (Å²) in [6, 6.07) is 12.9. The number of H-pyrrole nitrogens is 1. The Morgan fingerprint density at radius 1 is 1.04 bits per heavy atom. The molecule has 0 aliphatic rings. The fourth-order valence-electron chi connectivity index (χ4n) is 2.62. The van der Waals surface area contributed by atoms with Crippen molar-refractivity contribution in [2.24, 2.45) is 0 Å². The summed E-state index contributed by atoms with van der Waals surface area (Å²) in [6.07, 6.45) is 0.921. The number of amides is 2. The van der Waals surface area contributed by atoms with Crippen LogP contribution in [0.3, 0.4) is 0 Å². The largest absolute Gasteiger partial charge is 0.351 e. The molecular weight excluding hydrogens is 347 g/mol. The maximum absolute atomic E-state index is 13.2. The standard InChI is InChI=1S/C20H21FN4O2/c1-2-9-23-25-19(26)14-5-3-13(4-6-14)12-22-20(27)18-11-15-10-16(21)7-8-17(15)24-18/h3-8,10-11,23-24H,2,9,12H2,1H3,(H,22,27)(H,25,26). The molecule has 27 heavy (non-hydrogen) atoms. The van der Waals surface area contributed by atoms with Crippen molar-refractivity contribution in [3.8, 4) is 0 Å². The molecule has 0 saturated carbocycles. The summed E-state index contributed by atoms with van der Waals surface area (Å²) in [7, 11) is 0. The summed E-state index contributed by atoms with van der Waals surface area (Å²) >= 11 is 0. The lowest BCUT2D eigenvalue weighted by molar-refractivity contribution is 0.0929. The topological polar surface area (TPSA) is 86.0 Å². The summed E-state index contributed by atoms with van der Waals surface area (Å²) in [4.78, 5) is 27.2. The molecule has 3 aromatic rings. The third-order valence-corrected chi connectivity index (χ3v) is 4.07. The number of aromatic nitrogens is 1. The van der Waals surface area contributed by atoms with E-state index in [4.69, 9.17) is 0 Å². The molecule has 0 unspecified atom stereocenters. The summed E-state index contributed by atoms with van der Waals surface area (Å²) < 4.78 is 13.2. The van der Waals surface area contributed by atoms with Crippen molar-refractivity contribution in [2.75, 3.05) is 6.54 Å². The van der Waals surface area contributed by atoms with Gasteiger partial charge in [-0.2, -0.15) is 0 Å². The first kappa shape index (κ1) is 18.6. The Hall–Kier alpha value is -3.19. The SMILES string of the molecule is CCCNNC(=O)c1ccc(CNC(=O)c2cc3cc(F)ccc3[nH]2)cc1. The molecule has 7 heteroatoms. The predicted octanol–water partition coefficient (Wildman–Crippen LogP) is 2.88. The van der Waals surface area contributed by atoms with E-state index in [-0.39, 0.29) is 17.6 Å². The van der Waals surface area contributed by atoms with E-state index in [9.17, 15) is 14.0 Å². The van der Waals surface area contributed by atoms with E-state index in [0.29, 0.717) is 35.2 Å². The molecule has 2 aromatic carbocycles. The number of carbonyl (C=O) groups is 2. The quantitative estimate of drug-likeness (QED) is 0.382. The number of aromatic amines is 1. The minimum atomic E-state index is -0.345. The van der Waals surface area contributed by atoms with Crippen LogP contribution in [0.25, 0.3) is 10.9 Å². The van der Waals surface area contributed by atoms with Crippen LogP contribution in [-0.2, 0) is 6.54 Å². The first-order valence-corrected chi connectivity index (χ1v) is 8.75. The van der Waals surface area contributed by atoms with Crippen molar-refractivity contribution < 1.29 is 14.0 Å². The van der Waals surface area contributed by atoms with E-state index >= 15 is 0 Å². The number of hydrogen-bond acceptors (Lipinski definition) is 3. The number of benzene rings is 2. The normalized spacial score (nSPS) is 10.7. The lowest BCUT2D eigenvalue weighted by Crippen LogP contribution is -2.37. The number of rotatable bonds is 7. The molecule has 0 spiro atoms.